The Kier molecular flexibility index (Phi) is 3.36. The number of ether oxygens (including phenoxy) is 1. The molecule has 106 valence electrons. The fourth-order valence-corrected chi connectivity index (χ4v) is 2.27. The lowest BCUT2D eigenvalue weighted by atomic mass is 10.1. The van der Waals surface area contributed by atoms with Crippen molar-refractivity contribution in [3.63, 3.8) is 0 Å². The number of methoxy groups -OCH3 is 1. The molecule has 0 bridgehead atoms. The van der Waals surface area contributed by atoms with Gasteiger partial charge in [0.1, 0.15) is 5.75 Å². The van der Waals surface area contributed by atoms with Crippen LogP contribution in [-0.4, -0.2) is 11.7 Å². The van der Waals surface area contributed by atoms with E-state index < -0.39 is 0 Å². The number of hydrogen-bond acceptors (Lipinski definition) is 3. The molecule has 4 heteroatoms. The van der Waals surface area contributed by atoms with E-state index in [0.717, 1.165) is 22.4 Å². The average molecular weight is 281 g/mol. The fraction of sp³-hybridized carbons (Fsp3) is 0.118. The molecule has 4 nitrogen and oxygen atoms in total. The smallest absolute Gasteiger partial charge is 0.419 e. The summed E-state index contributed by atoms with van der Waals surface area (Å²) < 4.78 is 11.8. The van der Waals surface area contributed by atoms with Crippen molar-refractivity contribution in [2.45, 2.75) is 0 Å². The molecule has 0 spiro atoms. The third-order valence-corrected chi connectivity index (χ3v) is 3.41. The topological polar surface area (TPSA) is 44.4 Å². The van der Waals surface area contributed by atoms with Crippen LogP contribution in [0.5, 0.6) is 5.75 Å². The van der Waals surface area contributed by atoms with Gasteiger partial charge in [0, 0.05) is 12.6 Å². The molecule has 0 saturated carbocycles. The van der Waals surface area contributed by atoms with E-state index in [2.05, 4.69) is 0 Å². The van der Waals surface area contributed by atoms with Gasteiger partial charge in [-0.2, -0.15) is 0 Å². The van der Waals surface area contributed by atoms with Crippen LogP contribution in [0.25, 0.3) is 23.3 Å². The minimum Gasteiger partial charge on any atom is -0.497 e. The van der Waals surface area contributed by atoms with Crippen molar-refractivity contribution >= 4 is 23.3 Å². The van der Waals surface area contributed by atoms with Gasteiger partial charge in [0.2, 0.25) is 0 Å². The third kappa shape index (κ3) is 2.48. The minimum absolute atomic E-state index is 0.352. The van der Waals surface area contributed by atoms with Gasteiger partial charge in [0.15, 0.2) is 5.58 Å². The molecule has 0 unspecified atom stereocenters. The quantitative estimate of drug-likeness (QED) is 0.692. The maximum Gasteiger partial charge on any atom is 0.419 e. The van der Waals surface area contributed by atoms with Gasteiger partial charge in [0.05, 0.1) is 12.6 Å². The molecule has 21 heavy (non-hydrogen) atoms. The zero-order chi connectivity index (χ0) is 14.8. The minimum atomic E-state index is -0.352. The molecule has 0 N–H and O–H groups in total. The lowest BCUT2D eigenvalue weighted by Crippen LogP contribution is -2.08. The van der Waals surface area contributed by atoms with Crippen molar-refractivity contribution in [2.24, 2.45) is 7.05 Å². The monoisotopic (exact) mass is 281 g/mol. The second-order valence-electron chi connectivity index (χ2n) is 4.73. The molecule has 0 atom stereocenters. The highest BCUT2D eigenvalue weighted by Gasteiger charge is 2.08. The number of nitrogens with zero attached hydrogens (tertiary/aromatic N) is 1. The van der Waals surface area contributed by atoms with Crippen molar-refractivity contribution in [1.29, 1.82) is 0 Å². The van der Waals surface area contributed by atoms with E-state index in [0.29, 0.717) is 5.58 Å². The SMILES string of the molecule is COc1ccc(/C=C/c2cccc3oc(=O)n(C)c23)cc1. The highest BCUT2D eigenvalue weighted by atomic mass is 16.5. The zero-order valence-corrected chi connectivity index (χ0v) is 11.9. The standard InChI is InChI=1S/C17H15NO3/c1-18-16-13(4-3-5-15(16)21-17(18)19)9-6-12-7-10-14(20-2)11-8-12/h3-11H,1-2H3/b9-6+. The van der Waals surface area contributed by atoms with E-state index in [1.807, 2.05) is 48.6 Å². The molecule has 0 radical (unpaired) electrons. The number of oxazole rings is 1. The molecule has 0 fully saturated rings. The molecule has 1 aromatic heterocycles. The van der Waals surface area contributed by atoms with E-state index in [-0.39, 0.29) is 5.76 Å². The van der Waals surface area contributed by atoms with Crippen molar-refractivity contribution < 1.29 is 9.15 Å². The van der Waals surface area contributed by atoms with Crippen LogP contribution in [0.15, 0.2) is 51.7 Å². The molecule has 1 heterocycles. The number of rotatable bonds is 3. The Morgan fingerprint density at radius 2 is 1.86 bits per heavy atom. The van der Waals surface area contributed by atoms with Crippen LogP contribution < -0.4 is 10.5 Å². The van der Waals surface area contributed by atoms with E-state index >= 15 is 0 Å². The van der Waals surface area contributed by atoms with E-state index in [9.17, 15) is 4.79 Å². The van der Waals surface area contributed by atoms with Crippen LogP contribution in [0.2, 0.25) is 0 Å². The Labute approximate surface area is 121 Å². The number of aryl methyl sites for hydroxylation is 1. The van der Waals surface area contributed by atoms with Gasteiger partial charge in [-0.1, -0.05) is 36.4 Å². The van der Waals surface area contributed by atoms with E-state index in [4.69, 9.17) is 9.15 Å². The van der Waals surface area contributed by atoms with Crippen LogP contribution in [0, 0.1) is 0 Å². The van der Waals surface area contributed by atoms with Crippen LogP contribution >= 0.6 is 0 Å². The predicted octanol–water partition coefficient (Wildman–Crippen LogP) is 3.31. The van der Waals surface area contributed by atoms with E-state index in [1.165, 1.54) is 4.57 Å². The number of aromatic nitrogens is 1. The molecule has 3 aromatic rings. The van der Waals surface area contributed by atoms with Gasteiger partial charge in [-0.25, -0.2) is 4.79 Å². The van der Waals surface area contributed by atoms with Crippen LogP contribution in [-0.2, 0) is 7.05 Å². The van der Waals surface area contributed by atoms with Crippen LogP contribution in [0.3, 0.4) is 0 Å². The number of benzene rings is 2. The van der Waals surface area contributed by atoms with Crippen molar-refractivity contribution in [1.82, 2.24) is 4.57 Å². The summed E-state index contributed by atoms with van der Waals surface area (Å²) in [5.41, 5.74) is 3.39. The summed E-state index contributed by atoms with van der Waals surface area (Å²) in [5.74, 6) is 0.474. The first-order valence-electron chi connectivity index (χ1n) is 6.60. The predicted molar refractivity (Wildman–Crippen MR) is 83.4 cm³/mol. The van der Waals surface area contributed by atoms with Gasteiger partial charge < -0.3 is 9.15 Å². The van der Waals surface area contributed by atoms with Gasteiger partial charge in [0.25, 0.3) is 0 Å². The first kappa shape index (κ1) is 13.2. The molecule has 0 saturated heterocycles. The maximum absolute atomic E-state index is 11.6. The largest absolute Gasteiger partial charge is 0.497 e. The summed E-state index contributed by atoms with van der Waals surface area (Å²) in [4.78, 5) is 11.6. The molecule has 0 amide bonds. The van der Waals surface area contributed by atoms with Crippen molar-refractivity contribution in [2.75, 3.05) is 7.11 Å². The van der Waals surface area contributed by atoms with Gasteiger partial charge in [-0.15, -0.1) is 0 Å². The Balaban J connectivity index is 2.00. The zero-order valence-electron chi connectivity index (χ0n) is 11.9. The first-order valence-corrected chi connectivity index (χ1v) is 6.60. The molecule has 2 aromatic carbocycles. The highest BCUT2D eigenvalue weighted by Crippen LogP contribution is 2.20. The van der Waals surface area contributed by atoms with Crippen LogP contribution in [0.4, 0.5) is 0 Å². The maximum atomic E-state index is 11.6. The second kappa shape index (κ2) is 5.32. The Morgan fingerprint density at radius 3 is 2.57 bits per heavy atom. The van der Waals surface area contributed by atoms with Crippen LogP contribution in [0.1, 0.15) is 11.1 Å². The third-order valence-electron chi connectivity index (χ3n) is 3.41. The summed E-state index contributed by atoms with van der Waals surface area (Å²) in [7, 11) is 3.35. The molecule has 0 aliphatic carbocycles. The Bertz CT molecular complexity index is 854. The lowest BCUT2D eigenvalue weighted by Gasteiger charge is -2.00. The molecule has 0 aliphatic heterocycles. The van der Waals surface area contributed by atoms with Gasteiger partial charge >= 0.3 is 5.76 Å². The van der Waals surface area contributed by atoms with Gasteiger partial charge in [-0.05, 0) is 23.8 Å². The van der Waals surface area contributed by atoms with Gasteiger partial charge in [-0.3, -0.25) is 4.57 Å². The average Bonchev–Trinajstić information content (AvgIpc) is 2.81. The number of fused-ring (bicyclic) bond motifs is 1. The van der Waals surface area contributed by atoms with Crippen molar-refractivity contribution in [3.8, 4) is 5.75 Å². The first-order chi connectivity index (χ1) is 10.2. The Hall–Kier alpha value is -2.75. The normalized spacial score (nSPS) is 11.3. The summed E-state index contributed by atoms with van der Waals surface area (Å²) >= 11 is 0. The van der Waals surface area contributed by atoms with E-state index in [1.54, 1.807) is 20.2 Å². The molecule has 0 aliphatic rings. The highest BCUT2D eigenvalue weighted by molar-refractivity contribution is 5.87. The van der Waals surface area contributed by atoms with Crippen molar-refractivity contribution in [3.05, 3.63) is 64.1 Å². The second-order valence-corrected chi connectivity index (χ2v) is 4.73. The molecular formula is C17H15NO3. The summed E-state index contributed by atoms with van der Waals surface area (Å²) in [6.07, 6.45) is 3.96. The molecule has 3 rings (SSSR count). The Morgan fingerprint density at radius 1 is 1.10 bits per heavy atom. The number of hydrogen-bond donors (Lipinski definition) is 0. The lowest BCUT2D eigenvalue weighted by molar-refractivity contribution is 0.415. The fourth-order valence-electron chi connectivity index (χ4n) is 2.27. The number of para-hydroxylation sites is 1. The summed E-state index contributed by atoms with van der Waals surface area (Å²) in [6.45, 7) is 0. The summed E-state index contributed by atoms with van der Waals surface area (Å²) in [6, 6.07) is 13.4. The molecular weight excluding hydrogens is 266 g/mol. The summed E-state index contributed by atoms with van der Waals surface area (Å²) in [5, 5.41) is 0.